The predicted molar refractivity (Wildman–Crippen MR) is 78.2 cm³/mol. The van der Waals surface area contributed by atoms with E-state index in [1.54, 1.807) is 0 Å². The van der Waals surface area contributed by atoms with Crippen molar-refractivity contribution in [3.8, 4) is 0 Å². The SMILES string of the molecule is CC(C)C[C@@H](NC(=O)C1CC1)C(=O)N1CCN(C)CC1. The molecule has 2 amide bonds. The Morgan fingerprint density at radius 1 is 1.15 bits per heavy atom. The van der Waals surface area contributed by atoms with Crippen molar-refractivity contribution in [1.82, 2.24) is 15.1 Å². The number of carbonyl (C=O) groups is 2. The summed E-state index contributed by atoms with van der Waals surface area (Å²) in [5, 5.41) is 2.97. The van der Waals surface area contributed by atoms with E-state index in [4.69, 9.17) is 0 Å². The minimum Gasteiger partial charge on any atom is -0.344 e. The Kier molecular flexibility index (Phi) is 5.02. The largest absolute Gasteiger partial charge is 0.344 e. The Morgan fingerprint density at radius 3 is 2.25 bits per heavy atom. The average molecular weight is 281 g/mol. The lowest BCUT2D eigenvalue weighted by Gasteiger charge is -2.35. The fraction of sp³-hybridized carbons (Fsp3) is 0.867. The van der Waals surface area contributed by atoms with E-state index in [1.165, 1.54) is 0 Å². The predicted octanol–water partition coefficient (Wildman–Crippen LogP) is 0.701. The topological polar surface area (TPSA) is 52.7 Å². The Labute approximate surface area is 121 Å². The molecular weight excluding hydrogens is 254 g/mol. The highest BCUT2D eigenvalue weighted by molar-refractivity contribution is 5.89. The molecule has 0 bridgehead atoms. The fourth-order valence-electron chi connectivity index (χ4n) is 2.58. The van der Waals surface area contributed by atoms with Crippen LogP contribution in [0.1, 0.15) is 33.1 Å². The van der Waals surface area contributed by atoms with E-state index < -0.39 is 0 Å². The molecule has 1 aliphatic carbocycles. The van der Waals surface area contributed by atoms with Crippen molar-refractivity contribution < 1.29 is 9.59 Å². The Hall–Kier alpha value is -1.10. The molecule has 0 spiro atoms. The van der Waals surface area contributed by atoms with Gasteiger partial charge in [-0.2, -0.15) is 0 Å². The normalized spacial score (nSPS) is 21.9. The zero-order chi connectivity index (χ0) is 14.7. The monoisotopic (exact) mass is 281 g/mol. The molecule has 0 radical (unpaired) electrons. The second-order valence-electron chi connectivity index (χ2n) is 6.59. The summed E-state index contributed by atoms with van der Waals surface area (Å²) in [5.74, 6) is 0.722. The maximum absolute atomic E-state index is 12.6. The van der Waals surface area contributed by atoms with Crippen molar-refractivity contribution in [3.63, 3.8) is 0 Å². The Bertz CT molecular complexity index is 358. The van der Waals surface area contributed by atoms with E-state index in [2.05, 4.69) is 31.1 Å². The highest BCUT2D eigenvalue weighted by Gasteiger charge is 2.34. The van der Waals surface area contributed by atoms with Gasteiger partial charge in [0.15, 0.2) is 0 Å². The molecule has 1 aliphatic heterocycles. The van der Waals surface area contributed by atoms with Crippen molar-refractivity contribution >= 4 is 11.8 Å². The summed E-state index contributed by atoms with van der Waals surface area (Å²) >= 11 is 0. The lowest BCUT2D eigenvalue weighted by atomic mass is 10.0. The lowest BCUT2D eigenvalue weighted by Crippen LogP contribution is -2.54. The van der Waals surface area contributed by atoms with Crippen LogP contribution >= 0.6 is 0 Å². The van der Waals surface area contributed by atoms with Crippen LogP contribution in [0, 0.1) is 11.8 Å². The van der Waals surface area contributed by atoms with Crippen LogP contribution < -0.4 is 5.32 Å². The number of nitrogens with zero attached hydrogens (tertiary/aromatic N) is 2. The van der Waals surface area contributed by atoms with Crippen molar-refractivity contribution in [2.75, 3.05) is 33.2 Å². The first-order valence-electron chi connectivity index (χ1n) is 7.75. The quantitative estimate of drug-likeness (QED) is 0.807. The summed E-state index contributed by atoms with van der Waals surface area (Å²) in [6.07, 6.45) is 2.68. The average Bonchev–Trinajstić information content (AvgIpc) is 3.21. The first kappa shape index (κ1) is 15.3. The van der Waals surface area contributed by atoms with E-state index in [0.717, 1.165) is 45.4 Å². The minimum atomic E-state index is -0.341. The van der Waals surface area contributed by atoms with Gasteiger partial charge in [-0.05, 0) is 32.2 Å². The van der Waals surface area contributed by atoms with Gasteiger partial charge in [-0.1, -0.05) is 13.8 Å². The Morgan fingerprint density at radius 2 is 1.75 bits per heavy atom. The van der Waals surface area contributed by atoms with Gasteiger partial charge in [0, 0.05) is 32.1 Å². The molecule has 0 aromatic carbocycles. The van der Waals surface area contributed by atoms with Crippen molar-refractivity contribution in [1.29, 1.82) is 0 Å². The van der Waals surface area contributed by atoms with E-state index in [0.29, 0.717) is 5.92 Å². The molecule has 20 heavy (non-hydrogen) atoms. The van der Waals surface area contributed by atoms with Crippen molar-refractivity contribution in [3.05, 3.63) is 0 Å². The van der Waals surface area contributed by atoms with Gasteiger partial charge in [-0.3, -0.25) is 9.59 Å². The van der Waals surface area contributed by atoms with Crippen LogP contribution in [-0.2, 0) is 9.59 Å². The molecule has 2 fully saturated rings. The van der Waals surface area contributed by atoms with E-state index in [1.807, 2.05) is 4.90 Å². The van der Waals surface area contributed by atoms with Crippen LogP contribution in [0.15, 0.2) is 0 Å². The molecule has 1 saturated heterocycles. The van der Waals surface area contributed by atoms with Crippen LogP contribution in [0.2, 0.25) is 0 Å². The first-order valence-corrected chi connectivity index (χ1v) is 7.75. The number of hydrogen-bond donors (Lipinski definition) is 1. The third-order valence-electron chi connectivity index (χ3n) is 4.08. The standard InChI is InChI=1S/C15H27N3O2/c1-11(2)10-13(16-14(19)12-4-5-12)15(20)18-8-6-17(3)7-9-18/h11-13H,4-10H2,1-3H3,(H,16,19)/t13-/m1/s1. The van der Waals surface area contributed by atoms with Crippen LogP contribution in [0.3, 0.4) is 0 Å². The molecule has 2 aliphatic rings. The molecule has 1 heterocycles. The molecule has 1 atom stereocenters. The summed E-state index contributed by atoms with van der Waals surface area (Å²) < 4.78 is 0. The van der Waals surface area contributed by atoms with Gasteiger partial charge >= 0.3 is 0 Å². The van der Waals surface area contributed by atoms with E-state index >= 15 is 0 Å². The number of nitrogens with one attached hydrogen (secondary N) is 1. The third-order valence-corrected chi connectivity index (χ3v) is 4.08. The number of carbonyl (C=O) groups excluding carboxylic acids is 2. The summed E-state index contributed by atoms with van der Waals surface area (Å²) in [6.45, 7) is 7.54. The third kappa shape index (κ3) is 4.20. The van der Waals surface area contributed by atoms with Gasteiger partial charge in [0.1, 0.15) is 6.04 Å². The number of hydrogen-bond acceptors (Lipinski definition) is 3. The van der Waals surface area contributed by atoms with Gasteiger partial charge in [0.2, 0.25) is 11.8 Å². The molecule has 0 aromatic heterocycles. The number of rotatable bonds is 5. The Balaban J connectivity index is 1.93. The molecule has 1 saturated carbocycles. The van der Waals surface area contributed by atoms with E-state index in [-0.39, 0.29) is 23.8 Å². The van der Waals surface area contributed by atoms with Crippen LogP contribution in [0.5, 0.6) is 0 Å². The van der Waals surface area contributed by atoms with E-state index in [9.17, 15) is 9.59 Å². The van der Waals surface area contributed by atoms with Crippen molar-refractivity contribution in [2.45, 2.75) is 39.2 Å². The first-order chi connectivity index (χ1) is 9.47. The number of piperazine rings is 1. The maximum Gasteiger partial charge on any atom is 0.245 e. The van der Waals surface area contributed by atoms with Gasteiger partial charge in [0.05, 0.1) is 0 Å². The smallest absolute Gasteiger partial charge is 0.245 e. The van der Waals surface area contributed by atoms with Gasteiger partial charge in [0.25, 0.3) is 0 Å². The fourth-order valence-corrected chi connectivity index (χ4v) is 2.58. The molecule has 1 N–H and O–H groups in total. The van der Waals surface area contributed by atoms with Crippen LogP contribution in [0.4, 0.5) is 0 Å². The van der Waals surface area contributed by atoms with Crippen molar-refractivity contribution in [2.24, 2.45) is 11.8 Å². The molecule has 0 aromatic rings. The van der Waals surface area contributed by atoms with Crippen LogP contribution in [-0.4, -0.2) is 60.9 Å². The minimum absolute atomic E-state index is 0.0677. The summed E-state index contributed by atoms with van der Waals surface area (Å²) in [4.78, 5) is 28.7. The maximum atomic E-state index is 12.6. The molecule has 5 nitrogen and oxygen atoms in total. The number of likely N-dealkylation sites (N-methyl/N-ethyl adjacent to an activating group) is 1. The summed E-state index contributed by atoms with van der Waals surface area (Å²) in [7, 11) is 2.07. The van der Waals surface area contributed by atoms with Crippen LogP contribution in [0.25, 0.3) is 0 Å². The van der Waals surface area contributed by atoms with Gasteiger partial charge in [-0.15, -0.1) is 0 Å². The molecule has 5 heteroatoms. The summed E-state index contributed by atoms with van der Waals surface area (Å²) in [5.41, 5.74) is 0. The second-order valence-corrected chi connectivity index (χ2v) is 6.59. The lowest BCUT2D eigenvalue weighted by molar-refractivity contribution is -0.138. The van der Waals surface area contributed by atoms with Gasteiger partial charge < -0.3 is 15.1 Å². The molecule has 2 rings (SSSR count). The summed E-state index contributed by atoms with van der Waals surface area (Å²) in [6, 6.07) is -0.341. The molecule has 0 unspecified atom stereocenters. The zero-order valence-electron chi connectivity index (χ0n) is 12.9. The molecular formula is C15H27N3O2. The highest BCUT2D eigenvalue weighted by atomic mass is 16.2. The second kappa shape index (κ2) is 6.57. The molecule has 114 valence electrons. The zero-order valence-corrected chi connectivity index (χ0v) is 12.9. The highest BCUT2D eigenvalue weighted by Crippen LogP contribution is 2.29. The van der Waals surface area contributed by atoms with Gasteiger partial charge in [-0.25, -0.2) is 0 Å². The number of amides is 2.